The molecule has 0 atom stereocenters. The number of anilines is 2. The largest absolute Gasteiger partial charge is 0.382 e. The summed E-state index contributed by atoms with van der Waals surface area (Å²) in [5.74, 6) is 1.38. The van der Waals surface area contributed by atoms with Crippen LogP contribution in [0.5, 0.6) is 0 Å². The third-order valence-electron chi connectivity index (χ3n) is 4.22. The molecule has 1 aliphatic rings. The van der Waals surface area contributed by atoms with E-state index in [2.05, 4.69) is 25.0 Å². The summed E-state index contributed by atoms with van der Waals surface area (Å²) >= 11 is 0. The van der Waals surface area contributed by atoms with E-state index in [4.69, 9.17) is 5.73 Å². The molecule has 0 unspecified atom stereocenters. The number of nitrogens with two attached hydrogens (primary N) is 1. The zero-order valence-corrected chi connectivity index (χ0v) is 13.1. The van der Waals surface area contributed by atoms with Crippen molar-refractivity contribution in [3.8, 4) is 11.3 Å². The molecular formula is C16H19N7. The fraction of sp³-hybridized carbons (Fsp3) is 0.375. The monoisotopic (exact) mass is 309 g/mol. The van der Waals surface area contributed by atoms with E-state index in [0.29, 0.717) is 5.82 Å². The molecule has 7 heteroatoms. The normalized spacial score (nSPS) is 15.3. The number of hydrogen-bond acceptors (Lipinski definition) is 6. The smallest absolute Gasteiger partial charge is 0.166 e. The molecule has 0 bridgehead atoms. The minimum atomic E-state index is 0.436. The lowest BCUT2D eigenvalue weighted by molar-refractivity contribution is 0.573. The predicted molar refractivity (Wildman–Crippen MR) is 89.2 cm³/mol. The van der Waals surface area contributed by atoms with Gasteiger partial charge in [0.25, 0.3) is 0 Å². The van der Waals surface area contributed by atoms with Crippen LogP contribution in [0.15, 0.2) is 24.8 Å². The van der Waals surface area contributed by atoms with Gasteiger partial charge in [-0.1, -0.05) is 0 Å². The van der Waals surface area contributed by atoms with E-state index in [9.17, 15) is 0 Å². The molecule has 0 amide bonds. The highest BCUT2D eigenvalue weighted by molar-refractivity contribution is 5.85. The first-order valence-electron chi connectivity index (χ1n) is 7.90. The van der Waals surface area contributed by atoms with E-state index in [1.807, 2.05) is 25.4 Å². The Labute approximate surface area is 134 Å². The lowest BCUT2D eigenvalue weighted by Crippen LogP contribution is -2.30. The maximum atomic E-state index is 6.12. The minimum absolute atomic E-state index is 0.436. The Hall–Kier alpha value is -2.70. The van der Waals surface area contributed by atoms with Gasteiger partial charge in [-0.3, -0.25) is 0 Å². The van der Waals surface area contributed by atoms with E-state index in [1.165, 1.54) is 19.3 Å². The van der Waals surface area contributed by atoms with Crippen molar-refractivity contribution in [1.82, 2.24) is 24.6 Å². The van der Waals surface area contributed by atoms with Gasteiger partial charge in [0.05, 0.1) is 11.3 Å². The van der Waals surface area contributed by atoms with Gasteiger partial charge in [0.15, 0.2) is 11.5 Å². The van der Waals surface area contributed by atoms with Crippen LogP contribution in [-0.2, 0) is 0 Å². The quantitative estimate of drug-likeness (QED) is 0.780. The Morgan fingerprint density at radius 3 is 2.74 bits per heavy atom. The average molecular weight is 309 g/mol. The molecule has 1 fully saturated rings. The molecule has 0 aromatic carbocycles. The molecule has 4 rings (SSSR count). The molecule has 2 N–H and O–H groups in total. The fourth-order valence-electron chi connectivity index (χ4n) is 3.07. The van der Waals surface area contributed by atoms with Crippen molar-refractivity contribution in [2.45, 2.75) is 26.2 Å². The maximum Gasteiger partial charge on any atom is 0.166 e. The Bertz CT molecular complexity index is 849. The van der Waals surface area contributed by atoms with Gasteiger partial charge in [-0.2, -0.15) is 0 Å². The third-order valence-corrected chi connectivity index (χ3v) is 4.22. The number of rotatable bonds is 2. The topological polar surface area (TPSA) is 85.2 Å². The van der Waals surface area contributed by atoms with Gasteiger partial charge < -0.3 is 10.6 Å². The number of nitrogens with zero attached hydrogens (tertiary/aromatic N) is 6. The number of hydrogen-bond donors (Lipinski definition) is 1. The molecule has 23 heavy (non-hydrogen) atoms. The fourth-order valence-corrected chi connectivity index (χ4v) is 3.07. The van der Waals surface area contributed by atoms with Crippen molar-refractivity contribution in [1.29, 1.82) is 0 Å². The Balaban J connectivity index is 1.80. The first-order chi connectivity index (χ1) is 11.2. The van der Waals surface area contributed by atoms with Gasteiger partial charge in [0.1, 0.15) is 12.1 Å². The molecule has 0 aliphatic carbocycles. The summed E-state index contributed by atoms with van der Waals surface area (Å²) in [5, 5.41) is 4.35. The zero-order valence-electron chi connectivity index (χ0n) is 13.1. The summed E-state index contributed by atoms with van der Waals surface area (Å²) < 4.78 is 1.71. The number of nitrogen functional groups attached to an aromatic ring is 1. The van der Waals surface area contributed by atoms with Gasteiger partial charge in [-0.25, -0.2) is 19.5 Å². The Kier molecular flexibility index (Phi) is 3.33. The molecule has 0 radical (unpaired) electrons. The van der Waals surface area contributed by atoms with Gasteiger partial charge in [0.2, 0.25) is 0 Å². The second-order valence-corrected chi connectivity index (χ2v) is 5.97. The summed E-state index contributed by atoms with van der Waals surface area (Å²) in [7, 11) is 0. The summed E-state index contributed by atoms with van der Waals surface area (Å²) in [4.78, 5) is 15.6. The molecule has 7 nitrogen and oxygen atoms in total. The van der Waals surface area contributed by atoms with E-state index in [-0.39, 0.29) is 0 Å². The molecule has 4 heterocycles. The van der Waals surface area contributed by atoms with Gasteiger partial charge in [-0.15, -0.1) is 5.10 Å². The second-order valence-electron chi connectivity index (χ2n) is 5.97. The first-order valence-corrected chi connectivity index (χ1v) is 7.90. The average Bonchev–Trinajstić information content (AvgIpc) is 2.90. The molecule has 0 saturated carbocycles. The van der Waals surface area contributed by atoms with E-state index in [0.717, 1.165) is 41.4 Å². The predicted octanol–water partition coefficient (Wildman–Crippen LogP) is 2.07. The number of fused-ring (bicyclic) bond motifs is 1. The van der Waals surface area contributed by atoms with Crippen LogP contribution in [0, 0.1) is 6.92 Å². The summed E-state index contributed by atoms with van der Waals surface area (Å²) in [6.07, 6.45) is 9.02. The molecular weight excluding hydrogens is 290 g/mol. The van der Waals surface area contributed by atoms with Crippen LogP contribution in [-0.4, -0.2) is 37.7 Å². The standard InChI is InChI=1S/C16H19N7/c1-11-8-18-16-14(15(17)21-23(16)9-11)12-7-13(20-10-19-12)22-5-3-2-4-6-22/h7-10H,2-6H2,1H3,(H2,17,21). The van der Waals surface area contributed by atoms with Crippen LogP contribution in [0.25, 0.3) is 16.9 Å². The van der Waals surface area contributed by atoms with Crippen molar-refractivity contribution >= 4 is 17.3 Å². The van der Waals surface area contributed by atoms with Gasteiger partial charge in [-0.05, 0) is 31.7 Å². The molecule has 3 aromatic rings. The van der Waals surface area contributed by atoms with E-state index >= 15 is 0 Å². The van der Waals surface area contributed by atoms with Crippen molar-refractivity contribution in [3.05, 3.63) is 30.4 Å². The number of aromatic nitrogens is 5. The highest BCUT2D eigenvalue weighted by atomic mass is 15.3. The molecule has 118 valence electrons. The van der Waals surface area contributed by atoms with Crippen LogP contribution in [0.1, 0.15) is 24.8 Å². The van der Waals surface area contributed by atoms with Gasteiger partial charge in [0, 0.05) is 31.5 Å². The SMILES string of the molecule is Cc1cnc2c(-c3cc(N4CCCCC4)ncn3)c(N)nn2c1. The van der Waals surface area contributed by atoms with Crippen LogP contribution in [0.3, 0.4) is 0 Å². The second kappa shape index (κ2) is 5.49. The van der Waals surface area contributed by atoms with Crippen molar-refractivity contribution in [2.75, 3.05) is 23.7 Å². The van der Waals surface area contributed by atoms with Crippen LogP contribution >= 0.6 is 0 Å². The molecule has 1 aliphatic heterocycles. The van der Waals surface area contributed by atoms with Crippen LogP contribution < -0.4 is 10.6 Å². The Morgan fingerprint density at radius 1 is 1.09 bits per heavy atom. The molecule has 3 aromatic heterocycles. The van der Waals surface area contributed by atoms with E-state index < -0.39 is 0 Å². The highest BCUT2D eigenvalue weighted by Gasteiger charge is 2.18. The summed E-state index contributed by atoms with van der Waals surface area (Å²) in [6.45, 7) is 4.05. The molecule has 0 spiro atoms. The van der Waals surface area contributed by atoms with Crippen LogP contribution in [0.2, 0.25) is 0 Å². The van der Waals surface area contributed by atoms with Crippen molar-refractivity contribution in [2.24, 2.45) is 0 Å². The lowest BCUT2D eigenvalue weighted by atomic mass is 10.1. The highest BCUT2D eigenvalue weighted by Crippen LogP contribution is 2.29. The molecule has 1 saturated heterocycles. The van der Waals surface area contributed by atoms with Crippen molar-refractivity contribution in [3.63, 3.8) is 0 Å². The number of aryl methyl sites for hydroxylation is 1. The Morgan fingerprint density at radius 2 is 1.91 bits per heavy atom. The zero-order chi connectivity index (χ0) is 15.8. The first kappa shape index (κ1) is 13.9. The minimum Gasteiger partial charge on any atom is -0.382 e. The maximum absolute atomic E-state index is 6.12. The van der Waals surface area contributed by atoms with E-state index in [1.54, 1.807) is 10.8 Å². The van der Waals surface area contributed by atoms with Gasteiger partial charge >= 0.3 is 0 Å². The number of piperidine rings is 1. The third kappa shape index (κ3) is 2.48. The summed E-state index contributed by atoms with van der Waals surface area (Å²) in [5.41, 5.74) is 9.40. The lowest BCUT2D eigenvalue weighted by Gasteiger charge is -2.27. The van der Waals surface area contributed by atoms with Crippen LogP contribution in [0.4, 0.5) is 11.6 Å². The summed E-state index contributed by atoms with van der Waals surface area (Å²) in [6, 6.07) is 1.99. The van der Waals surface area contributed by atoms with Crippen molar-refractivity contribution < 1.29 is 0 Å².